The van der Waals surface area contributed by atoms with Crippen LogP contribution >= 0.6 is 0 Å². The molecule has 2 rings (SSSR count). The number of hydrogen-bond donors (Lipinski definition) is 0. The summed E-state index contributed by atoms with van der Waals surface area (Å²) in [5.41, 5.74) is 0. The van der Waals surface area contributed by atoms with Crippen LogP contribution in [0.2, 0.25) is 0 Å². The van der Waals surface area contributed by atoms with E-state index in [-0.39, 0.29) is 6.04 Å². The van der Waals surface area contributed by atoms with Gasteiger partial charge in [-0.3, -0.25) is 9.80 Å². The number of nitrogens with zero attached hydrogens (tertiary/aromatic N) is 3. The molecule has 2 unspecified atom stereocenters. The van der Waals surface area contributed by atoms with Crippen molar-refractivity contribution in [1.29, 1.82) is 5.26 Å². The first-order valence-corrected chi connectivity index (χ1v) is 5.69. The predicted molar refractivity (Wildman–Crippen MR) is 55.9 cm³/mol. The third-order valence-corrected chi connectivity index (χ3v) is 3.59. The molecule has 2 saturated heterocycles. The third-order valence-electron chi connectivity index (χ3n) is 3.59. The van der Waals surface area contributed by atoms with E-state index in [4.69, 9.17) is 5.26 Å². The van der Waals surface area contributed by atoms with Gasteiger partial charge in [0.1, 0.15) is 0 Å². The highest BCUT2D eigenvalue weighted by Crippen LogP contribution is 2.21. The summed E-state index contributed by atoms with van der Waals surface area (Å²) in [5, 5.41) is 8.84. The van der Waals surface area contributed by atoms with E-state index >= 15 is 0 Å². The zero-order valence-electron chi connectivity index (χ0n) is 8.95. The summed E-state index contributed by atoms with van der Waals surface area (Å²) in [6.07, 6.45) is 3.99. The molecule has 0 aromatic heterocycles. The maximum atomic E-state index is 8.84. The normalized spacial score (nSPS) is 31.9. The molecule has 78 valence electrons. The van der Waals surface area contributed by atoms with E-state index < -0.39 is 0 Å². The van der Waals surface area contributed by atoms with Gasteiger partial charge in [-0.25, -0.2) is 0 Å². The Morgan fingerprint density at radius 2 is 2.00 bits per heavy atom. The van der Waals surface area contributed by atoms with Crippen LogP contribution in [0, 0.1) is 11.3 Å². The molecule has 2 atom stereocenters. The molecular formula is C11H19N3. The number of rotatable bonds is 2. The molecule has 3 nitrogen and oxygen atoms in total. The molecule has 0 saturated carbocycles. The first-order chi connectivity index (χ1) is 6.81. The zero-order valence-corrected chi connectivity index (χ0v) is 8.95. The van der Waals surface area contributed by atoms with Crippen LogP contribution in [0.25, 0.3) is 0 Å². The van der Waals surface area contributed by atoms with Crippen LogP contribution in [0.4, 0.5) is 0 Å². The monoisotopic (exact) mass is 193 g/mol. The van der Waals surface area contributed by atoms with Crippen molar-refractivity contribution in [2.75, 3.05) is 26.2 Å². The first kappa shape index (κ1) is 9.95. The van der Waals surface area contributed by atoms with Crippen LogP contribution in [0.1, 0.15) is 26.2 Å². The molecule has 2 aliphatic heterocycles. The zero-order chi connectivity index (χ0) is 9.97. The van der Waals surface area contributed by atoms with Crippen LogP contribution in [0.15, 0.2) is 0 Å². The summed E-state index contributed by atoms with van der Waals surface area (Å²) < 4.78 is 0. The maximum Gasteiger partial charge on any atom is 0.0949 e. The molecule has 0 amide bonds. The summed E-state index contributed by atoms with van der Waals surface area (Å²) in [6.45, 7) is 6.77. The van der Waals surface area contributed by atoms with Crippen molar-refractivity contribution in [3.05, 3.63) is 0 Å². The van der Waals surface area contributed by atoms with Gasteiger partial charge in [0, 0.05) is 19.1 Å². The maximum absolute atomic E-state index is 8.84. The van der Waals surface area contributed by atoms with Gasteiger partial charge in [-0.05, 0) is 39.3 Å². The van der Waals surface area contributed by atoms with Crippen LogP contribution in [0.5, 0.6) is 0 Å². The molecule has 0 aliphatic carbocycles. The second-order valence-corrected chi connectivity index (χ2v) is 4.49. The van der Waals surface area contributed by atoms with Gasteiger partial charge in [-0.15, -0.1) is 0 Å². The summed E-state index contributed by atoms with van der Waals surface area (Å²) >= 11 is 0. The fourth-order valence-corrected chi connectivity index (χ4v) is 2.61. The Hall–Kier alpha value is -0.590. The van der Waals surface area contributed by atoms with Crippen LogP contribution < -0.4 is 0 Å². The minimum atomic E-state index is 0.0996. The van der Waals surface area contributed by atoms with Crippen molar-refractivity contribution in [3.63, 3.8) is 0 Å². The van der Waals surface area contributed by atoms with E-state index in [1.165, 1.54) is 32.4 Å². The second kappa shape index (κ2) is 4.29. The number of likely N-dealkylation sites (tertiary alicyclic amines) is 2. The Kier molecular flexibility index (Phi) is 3.05. The molecule has 2 aliphatic rings. The van der Waals surface area contributed by atoms with E-state index in [1.54, 1.807) is 0 Å². The highest BCUT2D eigenvalue weighted by Gasteiger charge is 2.30. The largest absolute Gasteiger partial charge is 0.299 e. The fourth-order valence-electron chi connectivity index (χ4n) is 2.61. The molecule has 3 heteroatoms. The lowest BCUT2D eigenvalue weighted by molar-refractivity contribution is 0.224. The number of nitriles is 1. The van der Waals surface area contributed by atoms with Gasteiger partial charge in [0.2, 0.25) is 0 Å². The molecule has 2 heterocycles. The Labute approximate surface area is 86.3 Å². The lowest BCUT2D eigenvalue weighted by atomic mass is 10.2. The van der Waals surface area contributed by atoms with Gasteiger partial charge >= 0.3 is 0 Å². The SMILES string of the molecule is CC(C#N)N1CCC(N2CCCC2)C1. The van der Waals surface area contributed by atoms with Crippen LogP contribution in [-0.2, 0) is 0 Å². The van der Waals surface area contributed by atoms with Crippen molar-refractivity contribution >= 4 is 0 Å². The molecule has 0 bridgehead atoms. The summed E-state index contributed by atoms with van der Waals surface area (Å²) in [6, 6.07) is 3.15. The molecule has 14 heavy (non-hydrogen) atoms. The Morgan fingerprint density at radius 1 is 1.29 bits per heavy atom. The summed E-state index contributed by atoms with van der Waals surface area (Å²) in [4.78, 5) is 4.91. The molecule has 0 aromatic rings. The topological polar surface area (TPSA) is 30.3 Å². The van der Waals surface area contributed by atoms with Crippen molar-refractivity contribution in [2.24, 2.45) is 0 Å². The Morgan fingerprint density at radius 3 is 2.64 bits per heavy atom. The third kappa shape index (κ3) is 1.92. The highest BCUT2D eigenvalue weighted by atomic mass is 15.3. The van der Waals surface area contributed by atoms with Crippen molar-refractivity contribution in [2.45, 2.75) is 38.3 Å². The summed E-state index contributed by atoms with van der Waals surface area (Å²) in [5.74, 6) is 0. The van der Waals surface area contributed by atoms with Crippen molar-refractivity contribution in [3.8, 4) is 6.07 Å². The Balaban J connectivity index is 1.85. The molecule has 0 aromatic carbocycles. The fraction of sp³-hybridized carbons (Fsp3) is 0.909. The van der Waals surface area contributed by atoms with E-state index in [9.17, 15) is 0 Å². The van der Waals surface area contributed by atoms with Gasteiger partial charge in [0.25, 0.3) is 0 Å². The Bertz CT molecular complexity index is 227. The van der Waals surface area contributed by atoms with Crippen molar-refractivity contribution < 1.29 is 0 Å². The van der Waals surface area contributed by atoms with Crippen LogP contribution in [0.3, 0.4) is 0 Å². The van der Waals surface area contributed by atoms with Gasteiger partial charge in [-0.1, -0.05) is 0 Å². The van der Waals surface area contributed by atoms with Crippen molar-refractivity contribution in [1.82, 2.24) is 9.80 Å². The minimum Gasteiger partial charge on any atom is -0.299 e. The number of hydrogen-bond acceptors (Lipinski definition) is 3. The molecular weight excluding hydrogens is 174 g/mol. The highest BCUT2D eigenvalue weighted by molar-refractivity contribution is 4.94. The molecule has 0 spiro atoms. The minimum absolute atomic E-state index is 0.0996. The first-order valence-electron chi connectivity index (χ1n) is 5.69. The second-order valence-electron chi connectivity index (χ2n) is 4.49. The average molecular weight is 193 g/mol. The van der Waals surface area contributed by atoms with Gasteiger partial charge in [0.15, 0.2) is 0 Å². The van der Waals surface area contributed by atoms with Crippen LogP contribution in [-0.4, -0.2) is 48.1 Å². The lowest BCUT2D eigenvalue weighted by Gasteiger charge is -2.24. The predicted octanol–water partition coefficient (Wildman–Crippen LogP) is 1.07. The van der Waals surface area contributed by atoms with E-state index in [0.29, 0.717) is 0 Å². The van der Waals surface area contributed by atoms with E-state index in [2.05, 4.69) is 15.9 Å². The van der Waals surface area contributed by atoms with Gasteiger partial charge < -0.3 is 0 Å². The van der Waals surface area contributed by atoms with E-state index in [1.807, 2.05) is 6.92 Å². The van der Waals surface area contributed by atoms with Gasteiger partial charge in [0.05, 0.1) is 12.1 Å². The molecule has 0 N–H and O–H groups in total. The molecule has 2 fully saturated rings. The lowest BCUT2D eigenvalue weighted by Crippen LogP contribution is -2.37. The quantitative estimate of drug-likeness (QED) is 0.657. The smallest absolute Gasteiger partial charge is 0.0949 e. The molecule has 0 radical (unpaired) electrons. The standard InChI is InChI=1S/C11H19N3/c1-10(8-12)14-7-4-11(9-14)13-5-2-3-6-13/h10-11H,2-7,9H2,1H3. The summed E-state index contributed by atoms with van der Waals surface area (Å²) in [7, 11) is 0. The van der Waals surface area contributed by atoms with Gasteiger partial charge in [-0.2, -0.15) is 5.26 Å². The van der Waals surface area contributed by atoms with E-state index in [0.717, 1.165) is 19.1 Å². The average Bonchev–Trinajstić information content (AvgIpc) is 2.86.